The van der Waals surface area contributed by atoms with Crippen LogP contribution < -0.4 is 5.73 Å². The van der Waals surface area contributed by atoms with Crippen molar-refractivity contribution in [3.63, 3.8) is 0 Å². The third kappa shape index (κ3) is 3.96. The van der Waals surface area contributed by atoms with Crippen molar-refractivity contribution in [2.75, 3.05) is 0 Å². The van der Waals surface area contributed by atoms with E-state index >= 15 is 0 Å². The minimum absolute atomic E-state index is 1.00. The molecule has 0 amide bonds. The Labute approximate surface area is 33.2 Å². The minimum Gasteiger partial charge on any atom is -0.324 e. The normalized spacial score (nSPS) is 9.60. The quantitative estimate of drug-likeness (QED) is 0.489. The largest absolute Gasteiger partial charge is 0.324 e. The van der Waals surface area contributed by atoms with Crippen molar-refractivity contribution < 1.29 is 0 Å². The molecule has 0 fully saturated rings. The van der Waals surface area contributed by atoms with Gasteiger partial charge in [-0.15, -0.1) is 0 Å². The van der Waals surface area contributed by atoms with Crippen LogP contribution in [0.4, 0.5) is 0 Å². The Bertz CT molecular complexity index is 17.6. The van der Waals surface area contributed by atoms with Gasteiger partial charge < -0.3 is 5.73 Å². The lowest BCUT2D eigenvalue weighted by atomic mass is 10.3. The molecule has 0 aliphatic heterocycles. The van der Waals surface area contributed by atoms with Crippen molar-refractivity contribution in [3.05, 3.63) is 6.04 Å². The zero-order valence-electron chi connectivity index (χ0n) is 3.78. The summed E-state index contributed by atoms with van der Waals surface area (Å²) in [4.78, 5) is 0. The van der Waals surface area contributed by atoms with Gasteiger partial charge in [-0.3, -0.25) is 0 Å². The van der Waals surface area contributed by atoms with Crippen LogP contribution in [0.2, 0.25) is 0 Å². The van der Waals surface area contributed by atoms with Crippen molar-refractivity contribution in [2.45, 2.75) is 20.3 Å². The molecular weight excluding hydrogens is 62.1 g/mol. The summed E-state index contributed by atoms with van der Waals surface area (Å²) in [7, 11) is 0. The van der Waals surface area contributed by atoms with Gasteiger partial charge in [0.1, 0.15) is 0 Å². The molecule has 5 heavy (non-hydrogen) atoms. The van der Waals surface area contributed by atoms with Gasteiger partial charge in [0.25, 0.3) is 0 Å². The maximum Gasteiger partial charge on any atom is 0.0302 e. The second-order valence-electron chi connectivity index (χ2n) is 1.20. The fraction of sp³-hybridized carbons (Fsp3) is 0.750. The molecule has 0 rings (SSSR count). The van der Waals surface area contributed by atoms with Crippen molar-refractivity contribution in [1.82, 2.24) is 0 Å². The highest BCUT2D eigenvalue weighted by Crippen LogP contribution is 1.88. The predicted molar refractivity (Wildman–Crippen MR) is 23.4 cm³/mol. The molecule has 0 bridgehead atoms. The van der Waals surface area contributed by atoms with Crippen molar-refractivity contribution in [2.24, 2.45) is 5.73 Å². The lowest BCUT2D eigenvalue weighted by Crippen LogP contribution is -2.00. The molecular formula is C4H10N. The summed E-state index contributed by atoms with van der Waals surface area (Å²) in [5, 5.41) is 0. The number of rotatable bonds is 1. The maximum absolute atomic E-state index is 5.21. The van der Waals surface area contributed by atoms with E-state index in [2.05, 4.69) is 0 Å². The molecule has 0 aromatic carbocycles. The lowest BCUT2D eigenvalue weighted by Gasteiger charge is -1.90. The van der Waals surface area contributed by atoms with E-state index in [0.29, 0.717) is 0 Å². The van der Waals surface area contributed by atoms with Crippen molar-refractivity contribution in [3.8, 4) is 0 Å². The molecule has 0 saturated carbocycles. The zero-order chi connectivity index (χ0) is 4.28. The summed E-state index contributed by atoms with van der Waals surface area (Å²) in [6.07, 6.45) is 1.00. The second-order valence-corrected chi connectivity index (χ2v) is 1.20. The standard InChI is InChI=1S/C4H10N/c1-3-4(2)5/h3,5H2,1-2H3. The van der Waals surface area contributed by atoms with Gasteiger partial charge in [-0.1, -0.05) is 6.92 Å². The summed E-state index contributed by atoms with van der Waals surface area (Å²) in [5.41, 5.74) is 5.21. The number of hydrogen-bond acceptors (Lipinski definition) is 1. The Kier molecular flexibility index (Phi) is 2.19. The summed E-state index contributed by atoms with van der Waals surface area (Å²) in [5.74, 6) is 0. The molecule has 0 saturated heterocycles. The van der Waals surface area contributed by atoms with E-state index in [1.54, 1.807) is 0 Å². The van der Waals surface area contributed by atoms with Gasteiger partial charge >= 0.3 is 0 Å². The van der Waals surface area contributed by atoms with E-state index in [-0.39, 0.29) is 0 Å². The maximum atomic E-state index is 5.21. The van der Waals surface area contributed by atoms with Gasteiger partial charge in [0.15, 0.2) is 0 Å². The summed E-state index contributed by atoms with van der Waals surface area (Å²) >= 11 is 0. The molecule has 31 valence electrons. The van der Waals surface area contributed by atoms with Crippen LogP contribution in [-0.2, 0) is 0 Å². The predicted octanol–water partition coefficient (Wildman–Crippen LogP) is 0.907. The van der Waals surface area contributed by atoms with E-state index in [1.807, 2.05) is 13.8 Å². The third-order valence-corrected chi connectivity index (χ3v) is 0.558. The first-order chi connectivity index (χ1) is 2.27. The van der Waals surface area contributed by atoms with E-state index in [4.69, 9.17) is 5.73 Å². The fourth-order valence-corrected chi connectivity index (χ4v) is 0. The Morgan fingerprint density at radius 1 is 1.80 bits per heavy atom. The summed E-state index contributed by atoms with van der Waals surface area (Å²) in [6.45, 7) is 3.95. The van der Waals surface area contributed by atoms with Gasteiger partial charge in [-0.25, -0.2) is 0 Å². The minimum atomic E-state index is 1.00. The third-order valence-electron chi connectivity index (χ3n) is 0.558. The van der Waals surface area contributed by atoms with Crippen molar-refractivity contribution >= 4 is 0 Å². The van der Waals surface area contributed by atoms with Crippen molar-refractivity contribution in [1.29, 1.82) is 0 Å². The smallest absolute Gasteiger partial charge is 0.0302 e. The molecule has 1 heteroatoms. The van der Waals surface area contributed by atoms with Gasteiger partial charge in [-0.2, -0.15) is 0 Å². The first-order valence-electron chi connectivity index (χ1n) is 1.85. The molecule has 0 atom stereocenters. The second kappa shape index (κ2) is 2.21. The van der Waals surface area contributed by atoms with Crippen LogP contribution in [0.1, 0.15) is 20.3 Å². The van der Waals surface area contributed by atoms with Gasteiger partial charge in [0.2, 0.25) is 0 Å². The molecule has 0 unspecified atom stereocenters. The Balaban J connectivity index is 2.54. The molecule has 0 aromatic rings. The van der Waals surface area contributed by atoms with Crippen LogP contribution in [0.25, 0.3) is 0 Å². The first-order valence-corrected chi connectivity index (χ1v) is 1.85. The molecule has 2 N–H and O–H groups in total. The highest BCUT2D eigenvalue weighted by molar-refractivity contribution is 4.69. The average Bonchev–Trinajstić information content (AvgIpc) is 1.38. The molecule has 1 radical (unpaired) electrons. The zero-order valence-corrected chi connectivity index (χ0v) is 3.78. The molecule has 0 heterocycles. The van der Waals surface area contributed by atoms with Gasteiger partial charge in [0.05, 0.1) is 0 Å². The highest BCUT2D eigenvalue weighted by atomic mass is 14.6. The lowest BCUT2D eigenvalue weighted by molar-refractivity contribution is 0.890. The fourth-order valence-electron chi connectivity index (χ4n) is 0. The van der Waals surface area contributed by atoms with Gasteiger partial charge in [-0.05, 0) is 13.3 Å². The molecule has 0 aliphatic carbocycles. The van der Waals surface area contributed by atoms with Crippen LogP contribution in [0.15, 0.2) is 0 Å². The highest BCUT2D eigenvalue weighted by Gasteiger charge is 1.81. The topological polar surface area (TPSA) is 26.0 Å². The first kappa shape index (κ1) is 4.96. The number of hydrogen-bond donors (Lipinski definition) is 1. The van der Waals surface area contributed by atoms with E-state index in [9.17, 15) is 0 Å². The van der Waals surface area contributed by atoms with Gasteiger partial charge in [0, 0.05) is 6.04 Å². The Morgan fingerprint density at radius 2 is 2.00 bits per heavy atom. The molecule has 1 nitrogen and oxygen atoms in total. The van der Waals surface area contributed by atoms with Crippen LogP contribution >= 0.6 is 0 Å². The number of nitrogens with two attached hydrogens (primary N) is 1. The summed E-state index contributed by atoms with van der Waals surface area (Å²) in [6, 6.07) is 1.00. The molecule has 0 spiro atoms. The van der Waals surface area contributed by atoms with E-state index in [1.165, 1.54) is 0 Å². The average molecular weight is 72.1 g/mol. The Hall–Kier alpha value is -0.0400. The molecule has 0 aliphatic rings. The Morgan fingerprint density at radius 3 is 2.00 bits per heavy atom. The van der Waals surface area contributed by atoms with Crippen LogP contribution in [0.3, 0.4) is 0 Å². The summed E-state index contributed by atoms with van der Waals surface area (Å²) < 4.78 is 0. The van der Waals surface area contributed by atoms with Crippen LogP contribution in [0, 0.1) is 6.04 Å². The van der Waals surface area contributed by atoms with Crippen LogP contribution in [-0.4, -0.2) is 0 Å². The molecule has 0 aromatic heterocycles. The van der Waals surface area contributed by atoms with E-state index in [0.717, 1.165) is 12.5 Å². The van der Waals surface area contributed by atoms with E-state index < -0.39 is 0 Å². The van der Waals surface area contributed by atoms with Crippen LogP contribution in [0.5, 0.6) is 0 Å². The SMILES string of the molecule is CC[C](C)N. The monoisotopic (exact) mass is 72.1 g/mol.